The summed E-state index contributed by atoms with van der Waals surface area (Å²) in [4.78, 5) is 31.4. The molecule has 0 aliphatic heterocycles. The Morgan fingerprint density at radius 2 is 1.22 bits per heavy atom. The molecule has 0 radical (unpaired) electrons. The van der Waals surface area contributed by atoms with Crippen molar-refractivity contribution in [1.29, 1.82) is 5.26 Å². The quantitative estimate of drug-likeness (QED) is 0.177. The van der Waals surface area contributed by atoms with E-state index >= 15 is 0 Å². The maximum Gasteiger partial charge on any atom is 0.259 e. The molecule has 0 aliphatic rings. The summed E-state index contributed by atoms with van der Waals surface area (Å²) < 4.78 is 1.34. The van der Waals surface area contributed by atoms with Crippen molar-refractivity contribution in [2.24, 2.45) is 7.05 Å². The Morgan fingerprint density at radius 1 is 0.707 bits per heavy atom. The van der Waals surface area contributed by atoms with Gasteiger partial charge in [0.15, 0.2) is 0 Å². The second kappa shape index (κ2) is 12.9. The zero-order valence-electron chi connectivity index (χ0n) is 22.4. The van der Waals surface area contributed by atoms with Gasteiger partial charge in [0.2, 0.25) is 23.8 Å². The second-order valence-electron chi connectivity index (χ2n) is 9.06. The number of hydrogen-bond acceptors (Lipinski definition) is 10. The molecule has 2 aromatic heterocycles. The first-order valence-corrected chi connectivity index (χ1v) is 13.0. The van der Waals surface area contributed by atoms with Crippen molar-refractivity contribution in [1.82, 2.24) is 24.5 Å². The van der Waals surface area contributed by atoms with E-state index in [2.05, 4.69) is 47.5 Å². The summed E-state index contributed by atoms with van der Waals surface area (Å²) in [5.74, 6) is 1.16. The number of nitriles is 1. The van der Waals surface area contributed by atoms with Crippen LogP contribution in [0.3, 0.4) is 0 Å². The molecular formula is C30H28N10O. The molecule has 204 valence electrons. The van der Waals surface area contributed by atoms with Crippen LogP contribution in [0, 0.1) is 11.3 Å². The van der Waals surface area contributed by atoms with E-state index in [0.29, 0.717) is 36.2 Å². The minimum atomic E-state index is -0.323. The highest BCUT2D eigenvalue weighted by molar-refractivity contribution is 5.64. The highest BCUT2D eigenvalue weighted by Crippen LogP contribution is 2.21. The predicted octanol–water partition coefficient (Wildman–Crippen LogP) is 4.36. The number of nitrogens with zero attached hydrogens (tertiary/aromatic N) is 6. The molecule has 0 spiro atoms. The van der Waals surface area contributed by atoms with Crippen molar-refractivity contribution in [2.45, 2.75) is 19.5 Å². The molecule has 0 amide bonds. The molecule has 3 aromatic carbocycles. The molecule has 41 heavy (non-hydrogen) atoms. The topological polar surface area (TPSA) is 145 Å². The molecule has 0 atom stereocenters. The van der Waals surface area contributed by atoms with Gasteiger partial charge in [-0.2, -0.15) is 20.2 Å². The van der Waals surface area contributed by atoms with Crippen molar-refractivity contribution in [3.63, 3.8) is 0 Å². The Labute approximate surface area is 237 Å². The molecular weight excluding hydrogens is 516 g/mol. The third-order valence-corrected chi connectivity index (χ3v) is 6.20. The molecule has 5 rings (SSSR count). The summed E-state index contributed by atoms with van der Waals surface area (Å²) in [7, 11) is 1.59. The van der Waals surface area contributed by atoms with E-state index in [1.54, 1.807) is 7.05 Å². The van der Waals surface area contributed by atoms with Gasteiger partial charge in [0.1, 0.15) is 0 Å². The maximum absolute atomic E-state index is 13.2. The molecule has 0 aliphatic carbocycles. The largest absolute Gasteiger partial charge is 0.350 e. The second-order valence-corrected chi connectivity index (χ2v) is 9.06. The van der Waals surface area contributed by atoms with Gasteiger partial charge in [-0.25, -0.2) is 4.98 Å². The van der Waals surface area contributed by atoms with E-state index in [1.807, 2.05) is 91.0 Å². The SMILES string of the molecule is Cn1c(NNc2nc(NCc3ccccc3)nc(NCc3ccccc3)n2)nc(-c2ccccc2)c(CC#N)c1=O. The van der Waals surface area contributed by atoms with E-state index < -0.39 is 0 Å². The van der Waals surface area contributed by atoms with Crippen LogP contribution in [0.15, 0.2) is 95.8 Å². The third-order valence-electron chi connectivity index (χ3n) is 6.20. The number of rotatable bonds is 11. The van der Waals surface area contributed by atoms with Crippen LogP contribution in [-0.2, 0) is 26.6 Å². The van der Waals surface area contributed by atoms with Crippen molar-refractivity contribution in [2.75, 3.05) is 21.5 Å². The molecule has 4 N–H and O–H groups in total. The predicted molar refractivity (Wildman–Crippen MR) is 159 cm³/mol. The highest BCUT2D eigenvalue weighted by atomic mass is 16.1. The number of nitrogens with one attached hydrogen (secondary N) is 4. The van der Waals surface area contributed by atoms with Gasteiger partial charge in [0.25, 0.3) is 5.56 Å². The van der Waals surface area contributed by atoms with Crippen molar-refractivity contribution >= 4 is 23.8 Å². The Bertz CT molecular complexity index is 1640. The maximum atomic E-state index is 13.2. The Hall–Kier alpha value is -5.76. The summed E-state index contributed by atoms with van der Waals surface area (Å²) in [6.45, 7) is 1.04. The summed E-state index contributed by atoms with van der Waals surface area (Å²) >= 11 is 0. The molecule has 0 saturated carbocycles. The zero-order valence-corrected chi connectivity index (χ0v) is 22.4. The van der Waals surface area contributed by atoms with Crippen LogP contribution in [0.4, 0.5) is 23.8 Å². The number of anilines is 4. The van der Waals surface area contributed by atoms with Crippen LogP contribution >= 0.6 is 0 Å². The first-order chi connectivity index (χ1) is 20.1. The average molecular weight is 545 g/mol. The molecule has 2 heterocycles. The van der Waals surface area contributed by atoms with Gasteiger partial charge in [0.05, 0.1) is 23.7 Å². The fourth-order valence-electron chi connectivity index (χ4n) is 4.09. The zero-order chi connectivity index (χ0) is 28.4. The minimum Gasteiger partial charge on any atom is -0.350 e. The Morgan fingerprint density at radius 3 is 1.76 bits per heavy atom. The minimum absolute atomic E-state index is 0.0576. The lowest BCUT2D eigenvalue weighted by atomic mass is 10.1. The van der Waals surface area contributed by atoms with Gasteiger partial charge in [-0.1, -0.05) is 91.0 Å². The fourth-order valence-corrected chi connectivity index (χ4v) is 4.09. The monoisotopic (exact) mass is 544 g/mol. The third kappa shape index (κ3) is 6.82. The molecule has 0 saturated heterocycles. The lowest BCUT2D eigenvalue weighted by Crippen LogP contribution is -2.28. The van der Waals surface area contributed by atoms with Crippen LogP contribution in [0.2, 0.25) is 0 Å². The highest BCUT2D eigenvalue weighted by Gasteiger charge is 2.16. The lowest BCUT2D eigenvalue weighted by Gasteiger charge is -2.16. The summed E-state index contributed by atoms with van der Waals surface area (Å²) in [6.07, 6.45) is -0.0576. The van der Waals surface area contributed by atoms with Gasteiger partial charge in [-0.3, -0.25) is 20.2 Å². The van der Waals surface area contributed by atoms with E-state index in [4.69, 9.17) is 0 Å². The van der Waals surface area contributed by atoms with Crippen molar-refractivity contribution < 1.29 is 0 Å². The average Bonchev–Trinajstić information content (AvgIpc) is 3.02. The summed E-state index contributed by atoms with van der Waals surface area (Å²) in [5, 5.41) is 15.8. The first-order valence-electron chi connectivity index (χ1n) is 13.0. The van der Waals surface area contributed by atoms with E-state index in [0.717, 1.165) is 16.7 Å². The van der Waals surface area contributed by atoms with Crippen LogP contribution in [0.5, 0.6) is 0 Å². The van der Waals surface area contributed by atoms with Gasteiger partial charge in [0, 0.05) is 25.7 Å². The van der Waals surface area contributed by atoms with Crippen molar-refractivity contribution in [3.8, 4) is 17.3 Å². The van der Waals surface area contributed by atoms with Gasteiger partial charge in [-0.15, -0.1) is 0 Å². The van der Waals surface area contributed by atoms with Crippen molar-refractivity contribution in [3.05, 3.63) is 118 Å². The van der Waals surface area contributed by atoms with Gasteiger partial charge < -0.3 is 10.6 Å². The number of aromatic nitrogens is 5. The van der Waals surface area contributed by atoms with Crippen LogP contribution in [-0.4, -0.2) is 24.5 Å². The smallest absolute Gasteiger partial charge is 0.259 e. The van der Waals surface area contributed by atoms with E-state index in [-0.39, 0.29) is 23.9 Å². The van der Waals surface area contributed by atoms with Gasteiger partial charge >= 0.3 is 0 Å². The first kappa shape index (κ1) is 26.8. The Balaban J connectivity index is 1.41. The molecule has 0 bridgehead atoms. The molecule has 11 heteroatoms. The molecule has 5 aromatic rings. The van der Waals surface area contributed by atoms with Crippen LogP contribution in [0.1, 0.15) is 16.7 Å². The lowest BCUT2D eigenvalue weighted by molar-refractivity contribution is 0.816. The summed E-state index contributed by atoms with van der Waals surface area (Å²) in [6, 6.07) is 31.2. The number of hydrogen-bond donors (Lipinski definition) is 4. The normalized spacial score (nSPS) is 10.4. The molecule has 0 fully saturated rings. The number of benzene rings is 3. The van der Waals surface area contributed by atoms with Crippen LogP contribution in [0.25, 0.3) is 11.3 Å². The fraction of sp³-hybridized carbons (Fsp3) is 0.133. The van der Waals surface area contributed by atoms with E-state index in [9.17, 15) is 10.1 Å². The van der Waals surface area contributed by atoms with Crippen LogP contribution < -0.4 is 27.0 Å². The summed E-state index contributed by atoms with van der Waals surface area (Å²) in [5.41, 5.74) is 9.24. The Kier molecular flexibility index (Phi) is 8.42. The standard InChI is InChI=1S/C30H28N10O/c1-40-26(41)24(17-18-31)25(23-15-9-4-10-16-23)34-30(40)39-38-29-36-27(32-19-21-11-5-2-6-12-21)35-28(37-29)33-20-22-13-7-3-8-14-22/h2-16H,17,19-20H2,1H3,(H,34,39)(H3,32,33,35,36,37,38). The van der Waals surface area contributed by atoms with E-state index in [1.165, 1.54) is 4.57 Å². The van der Waals surface area contributed by atoms with Gasteiger partial charge in [-0.05, 0) is 11.1 Å². The molecule has 0 unspecified atom stereocenters. The number of hydrazine groups is 1. The molecule has 11 nitrogen and oxygen atoms in total.